The van der Waals surface area contributed by atoms with Crippen LogP contribution in [0.25, 0.3) is 0 Å². The molecule has 2 heterocycles. The highest BCUT2D eigenvalue weighted by Gasteiger charge is 2.61. The van der Waals surface area contributed by atoms with Crippen molar-refractivity contribution in [1.29, 1.82) is 0 Å². The highest BCUT2D eigenvalue weighted by atomic mass is 16.6. The zero-order valence-electron chi connectivity index (χ0n) is 11.4. The molecule has 1 N–H and O–H groups in total. The first-order valence-electron chi connectivity index (χ1n) is 6.85. The van der Waals surface area contributed by atoms with Gasteiger partial charge in [-0.15, -0.1) is 0 Å². The van der Waals surface area contributed by atoms with Crippen LogP contribution in [0.3, 0.4) is 0 Å². The Morgan fingerprint density at radius 2 is 2.26 bits per heavy atom. The largest absolute Gasteiger partial charge is 0.455 e. The first-order valence-corrected chi connectivity index (χ1v) is 6.85. The number of aliphatic hydroxyl groups excluding tert-OH is 1. The number of rotatable bonds is 0. The number of carbonyl (C=O) groups excluding carboxylic acids is 1. The fraction of sp³-hybridized carbons (Fsp3) is 0.667. The summed E-state index contributed by atoms with van der Waals surface area (Å²) in [5.74, 6) is -0.489. The van der Waals surface area contributed by atoms with Gasteiger partial charge in [-0.3, -0.25) is 0 Å². The van der Waals surface area contributed by atoms with Crippen molar-refractivity contribution < 1.29 is 19.4 Å². The number of allylic oxidation sites excluding steroid dienone is 1. The SMILES string of the molecule is C=C1C(=O)O[C@H]2C1C[C@@H](O)/C(C)=C\CC[C@@]1(C)OC21. The van der Waals surface area contributed by atoms with Crippen LogP contribution in [0.5, 0.6) is 0 Å². The Bertz CT molecular complexity index is 467. The van der Waals surface area contributed by atoms with Crippen LogP contribution in [0.15, 0.2) is 23.8 Å². The van der Waals surface area contributed by atoms with E-state index in [1.165, 1.54) is 0 Å². The molecule has 1 aliphatic carbocycles. The maximum atomic E-state index is 11.7. The summed E-state index contributed by atoms with van der Waals surface area (Å²) in [4.78, 5) is 11.7. The van der Waals surface area contributed by atoms with Crippen LogP contribution in [0.1, 0.15) is 33.1 Å². The average Bonchev–Trinajstić information content (AvgIpc) is 2.95. The summed E-state index contributed by atoms with van der Waals surface area (Å²) >= 11 is 0. The molecule has 0 spiro atoms. The molecule has 0 aromatic carbocycles. The van der Waals surface area contributed by atoms with Gasteiger partial charge in [0, 0.05) is 11.5 Å². The van der Waals surface area contributed by atoms with Crippen LogP contribution >= 0.6 is 0 Å². The molecule has 4 heteroatoms. The lowest BCUT2D eigenvalue weighted by Gasteiger charge is -2.22. The van der Waals surface area contributed by atoms with E-state index in [9.17, 15) is 9.90 Å². The van der Waals surface area contributed by atoms with Crippen LogP contribution in [0.4, 0.5) is 0 Å². The quantitative estimate of drug-likeness (QED) is 0.313. The Morgan fingerprint density at radius 1 is 1.53 bits per heavy atom. The molecule has 0 radical (unpaired) electrons. The molecule has 0 aromatic heterocycles. The van der Waals surface area contributed by atoms with Crippen molar-refractivity contribution in [1.82, 2.24) is 0 Å². The summed E-state index contributed by atoms with van der Waals surface area (Å²) in [7, 11) is 0. The van der Waals surface area contributed by atoms with Gasteiger partial charge in [-0.25, -0.2) is 4.79 Å². The topological polar surface area (TPSA) is 59.1 Å². The van der Waals surface area contributed by atoms with Gasteiger partial charge in [0.25, 0.3) is 0 Å². The average molecular weight is 264 g/mol. The van der Waals surface area contributed by atoms with E-state index in [2.05, 4.69) is 19.6 Å². The predicted molar refractivity (Wildman–Crippen MR) is 69.4 cm³/mol. The zero-order valence-corrected chi connectivity index (χ0v) is 11.4. The van der Waals surface area contributed by atoms with Gasteiger partial charge in [-0.1, -0.05) is 12.7 Å². The molecule has 0 saturated carbocycles. The lowest BCUT2D eigenvalue weighted by Crippen LogP contribution is -2.31. The first-order chi connectivity index (χ1) is 8.92. The second-order valence-electron chi connectivity index (χ2n) is 6.09. The minimum Gasteiger partial charge on any atom is -0.455 e. The normalized spacial score (nSPS) is 48.7. The van der Waals surface area contributed by atoms with Crippen molar-refractivity contribution in [2.24, 2.45) is 5.92 Å². The third-order valence-corrected chi connectivity index (χ3v) is 4.70. The van der Waals surface area contributed by atoms with Gasteiger partial charge in [0.1, 0.15) is 12.2 Å². The van der Waals surface area contributed by atoms with Gasteiger partial charge in [0.15, 0.2) is 0 Å². The molecule has 2 fully saturated rings. The van der Waals surface area contributed by atoms with E-state index in [1.807, 2.05) is 6.92 Å². The van der Waals surface area contributed by atoms with E-state index in [1.54, 1.807) is 0 Å². The fourth-order valence-electron chi connectivity index (χ4n) is 3.20. The molecule has 3 rings (SSSR count). The van der Waals surface area contributed by atoms with Crippen LogP contribution in [0, 0.1) is 5.92 Å². The first kappa shape index (κ1) is 12.9. The molecule has 0 amide bonds. The smallest absolute Gasteiger partial charge is 0.334 e. The third-order valence-electron chi connectivity index (χ3n) is 4.70. The van der Waals surface area contributed by atoms with Crippen LogP contribution < -0.4 is 0 Å². The molecule has 4 nitrogen and oxygen atoms in total. The molecule has 104 valence electrons. The number of ether oxygens (including phenoxy) is 2. The van der Waals surface area contributed by atoms with Crippen molar-refractivity contribution >= 4 is 5.97 Å². The maximum absolute atomic E-state index is 11.7. The van der Waals surface area contributed by atoms with Crippen molar-refractivity contribution in [3.8, 4) is 0 Å². The van der Waals surface area contributed by atoms with Gasteiger partial charge >= 0.3 is 5.97 Å². The Balaban J connectivity index is 1.91. The Labute approximate surface area is 113 Å². The molecule has 0 aromatic rings. The number of aliphatic hydroxyl groups is 1. The third kappa shape index (κ3) is 2.03. The summed E-state index contributed by atoms with van der Waals surface area (Å²) in [6.45, 7) is 7.81. The number of fused-ring (bicyclic) bond motifs is 3. The van der Waals surface area contributed by atoms with Crippen molar-refractivity contribution in [3.63, 3.8) is 0 Å². The maximum Gasteiger partial charge on any atom is 0.334 e. The summed E-state index contributed by atoms with van der Waals surface area (Å²) in [6, 6.07) is 0. The van der Waals surface area contributed by atoms with Gasteiger partial charge < -0.3 is 14.6 Å². The highest BCUT2D eigenvalue weighted by molar-refractivity contribution is 5.91. The number of hydrogen-bond donors (Lipinski definition) is 1. The molecule has 3 aliphatic rings. The van der Waals surface area contributed by atoms with E-state index in [0.29, 0.717) is 12.0 Å². The standard InChI is InChI=1S/C15H20O4/c1-8-5-4-6-15(3)13(19-15)12-10(7-11(8)16)9(2)14(17)18-12/h5,10-13,16H,2,4,6-7H2,1,3H3/b8-5-/t10?,11-,12+,13?,15-/m1/s1. The molecule has 5 atom stereocenters. The number of carbonyl (C=O) groups is 1. The molecule has 2 saturated heterocycles. The molecule has 19 heavy (non-hydrogen) atoms. The van der Waals surface area contributed by atoms with Crippen molar-refractivity contribution in [2.75, 3.05) is 0 Å². The van der Waals surface area contributed by atoms with Gasteiger partial charge in [-0.2, -0.15) is 0 Å². The molecule has 2 unspecified atom stereocenters. The summed E-state index contributed by atoms with van der Waals surface area (Å²) in [6.07, 6.45) is 3.42. The summed E-state index contributed by atoms with van der Waals surface area (Å²) < 4.78 is 11.2. The molecule has 0 bridgehead atoms. The van der Waals surface area contributed by atoms with E-state index >= 15 is 0 Å². The Hall–Kier alpha value is -1.13. The molecular formula is C15H20O4. The van der Waals surface area contributed by atoms with Gasteiger partial charge in [0.2, 0.25) is 0 Å². The van der Waals surface area contributed by atoms with Crippen LogP contribution in [0.2, 0.25) is 0 Å². The predicted octanol–water partition coefficient (Wildman–Crippen LogP) is 1.73. The van der Waals surface area contributed by atoms with Crippen molar-refractivity contribution in [2.45, 2.75) is 57.0 Å². The summed E-state index contributed by atoms with van der Waals surface area (Å²) in [5.41, 5.74) is 1.22. The summed E-state index contributed by atoms with van der Waals surface area (Å²) in [5, 5.41) is 10.2. The van der Waals surface area contributed by atoms with Gasteiger partial charge in [0.05, 0.1) is 11.7 Å². The van der Waals surface area contributed by atoms with Crippen LogP contribution in [-0.2, 0) is 14.3 Å². The van der Waals surface area contributed by atoms with Gasteiger partial charge in [-0.05, 0) is 38.7 Å². The second-order valence-corrected chi connectivity index (χ2v) is 6.09. The lowest BCUT2D eigenvalue weighted by atomic mass is 9.83. The minimum absolute atomic E-state index is 0.0558. The lowest BCUT2D eigenvalue weighted by molar-refractivity contribution is -0.140. The number of hydrogen-bond acceptors (Lipinski definition) is 4. The second kappa shape index (κ2) is 4.18. The fourth-order valence-corrected chi connectivity index (χ4v) is 3.20. The zero-order chi connectivity index (χ0) is 13.8. The van der Waals surface area contributed by atoms with E-state index in [0.717, 1.165) is 18.4 Å². The highest BCUT2D eigenvalue weighted by Crippen LogP contribution is 2.49. The minimum atomic E-state index is -0.540. The van der Waals surface area contributed by atoms with E-state index in [4.69, 9.17) is 9.47 Å². The Kier molecular flexibility index (Phi) is 2.84. The number of epoxide rings is 1. The number of esters is 1. The Morgan fingerprint density at radius 3 is 3.00 bits per heavy atom. The monoisotopic (exact) mass is 264 g/mol. The molecule has 2 aliphatic heterocycles. The van der Waals surface area contributed by atoms with Crippen molar-refractivity contribution in [3.05, 3.63) is 23.8 Å². The van der Waals surface area contributed by atoms with E-state index in [-0.39, 0.29) is 29.7 Å². The van der Waals surface area contributed by atoms with Crippen LogP contribution in [-0.4, -0.2) is 35.0 Å². The van der Waals surface area contributed by atoms with E-state index < -0.39 is 6.10 Å². The molecular weight excluding hydrogens is 244 g/mol.